The van der Waals surface area contributed by atoms with E-state index in [1.165, 1.54) is 5.56 Å². The lowest BCUT2D eigenvalue weighted by Gasteiger charge is -2.15. The van der Waals surface area contributed by atoms with E-state index < -0.39 is 0 Å². The van der Waals surface area contributed by atoms with Crippen LogP contribution in [0.5, 0.6) is 11.5 Å². The predicted octanol–water partition coefficient (Wildman–Crippen LogP) is 4.06. The number of halogens is 1. The van der Waals surface area contributed by atoms with Crippen molar-refractivity contribution in [2.45, 2.75) is 20.1 Å². The Morgan fingerprint density at radius 1 is 1.14 bits per heavy atom. The van der Waals surface area contributed by atoms with Gasteiger partial charge in [-0.1, -0.05) is 23.8 Å². The van der Waals surface area contributed by atoms with Crippen molar-refractivity contribution in [2.24, 2.45) is 0 Å². The van der Waals surface area contributed by atoms with Crippen LogP contribution >= 0.6 is 15.9 Å². The molecule has 21 heavy (non-hydrogen) atoms. The lowest BCUT2D eigenvalue weighted by atomic mass is 10.1. The average Bonchev–Trinajstić information content (AvgIpc) is 2.47. The van der Waals surface area contributed by atoms with Gasteiger partial charge in [0.05, 0.1) is 11.6 Å². The van der Waals surface area contributed by atoms with Crippen molar-refractivity contribution in [2.75, 3.05) is 14.2 Å². The summed E-state index contributed by atoms with van der Waals surface area (Å²) in [7, 11) is 3.60. The van der Waals surface area contributed by atoms with Crippen molar-refractivity contribution in [1.29, 1.82) is 0 Å². The molecule has 3 nitrogen and oxygen atoms in total. The summed E-state index contributed by atoms with van der Waals surface area (Å²) < 4.78 is 12.4. The summed E-state index contributed by atoms with van der Waals surface area (Å²) in [6.07, 6.45) is 0. The number of para-hydroxylation sites is 1. The Kier molecular flexibility index (Phi) is 5.65. The molecule has 2 aromatic carbocycles. The molecule has 0 aromatic heterocycles. The Hall–Kier alpha value is -1.52. The first-order valence-electron chi connectivity index (χ1n) is 6.84. The van der Waals surface area contributed by atoms with E-state index in [2.05, 4.69) is 40.3 Å². The fourth-order valence-electron chi connectivity index (χ4n) is 2.21. The number of aryl methyl sites for hydroxylation is 1. The summed E-state index contributed by atoms with van der Waals surface area (Å²) in [6, 6.07) is 12.2. The highest BCUT2D eigenvalue weighted by molar-refractivity contribution is 9.10. The molecule has 0 heterocycles. The molecule has 2 aromatic rings. The molecule has 112 valence electrons. The first-order valence-corrected chi connectivity index (χ1v) is 7.63. The van der Waals surface area contributed by atoms with Crippen LogP contribution < -0.4 is 14.8 Å². The van der Waals surface area contributed by atoms with E-state index in [9.17, 15) is 0 Å². The van der Waals surface area contributed by atoms with Crippen LogP contribution in [0.15, 0.2) is 40.9 Å². The van der Waals surface area contributed by atoms with Gasteiger partial charge in [0.1, 0.15) is 18.1 Å². The third-order valence-electron chi connectivity index (χ3n) is 3.22. The second kappa shape index (κ2) is 7.48. The standard InChI is InChI=1S/C17H20BrNO2/c1-12-7-8-16(20-3)14(9-12)11-21-17-13(10-19-2)5-4-6-15(17)18/h4-9,19H,10-11H2,1-3H3. The molecule has 0 saturated carbocycles. The molecule has 0 bridgehead atoms. The van der Waals surface area contributed by atoms with Crippen LogP contribution in [-0.2, 0) is 13.2 Å². The molecule has 0 unspecified atom stereocenters. The third kappa shape index (κ3) is 3.99. The minimum absolute atomic E-state index is 0.476. The molecule has 4 heteroatoms. The van der Waals surface area contributed by atoms with Gasteiger partial charge in [-0.25, -0.2) is 0 Å². The second-order valence-electron chi connectivity index (χ2n) is 4.86. The normalized spacial score (nSPS) is 10.5. The van der Waals surface area contributed by atoms with E-state index in [0.717, 1.165) is 33.6 Å². The van der Waals surface area contributed by atoms with E-state index in [1.807, 2.05) is 31.3 Å². The first-order chi connectivity index (χ1) is 10.2. The van der Waals surface area contributed by atoms with Crippen LogP contribution in [0.3, 0.4) is 0 Å². The van der Waals surface area contributed by atoms with Gasteiger partial charge < -0.3 is 14.8 Å². The van der Waals surface area contributed by atoms with Crippen molar-refractivity contribution >= 4 is 15.9 Å². The third-order valence-corrected chi connectivity index (χ3v) is 3.85. The summed E-state index contributed by atoms with van der Waals surface area (Å²) >= 11 is 3.56. The molecule has 0 aliphatic heterocycles. The van der Waals surface area contributed by atoms with Gasteiger partial charge in [0.2, 0.25) is 0 Å². The van der Waals surface area contributed by atoms with E-state index in [0.29, 0.717) is 6.61 Å². The van der Waals surface area contributed by atoms with Crippen molar-refractivity contribution in [3.63, 3.8) is 0 Å². The highest BCUT2D eigenvalue weighted by atomic mass is 79.9. The molecule has 0 aliphatic carbocycles. The maximum Gasteiger partial charge on any atom is 0.138 e. The number of hydrogen-bond donors (Lipinski definition) is 1. The lowest BCUT2D eigenvalue weighted by molar-refractivity contribution is 0.291. The molecular weight excluding hydrogens is 330 g/mol. The summed E-state index contributed by atoms with van der Waals surface area (Å²) in [4.78, 5) is 0. The van der Waals surface area contributed by atoms with Crippen molar-refractivity contribution < 1.29 is 9.47 Å². The maximum absolute atomic E-state index is 6.04. The number of ether oxygens (including phenoxy) is 2. The van der Waals surface area contributed by atoms with Gasteiger partial charge in [-0.05, 0) is 48.1 Å². The Labute approximate surface area is 134 Å². The topological polar surface area (TPSA) is 30.5 Å². The first kappa shape index (κ1) is 15.9. The second-order valence-corrected chi connectivity index (χ2v) is 5.72. The minimum Gasteiger partial charge on any atom is -0.496 e. The van der Waals surface area contributed by atoms with E-state index in [4.69, 9.17) is 9.47 Å². The van der Waals surface area contributed by atoms with Gasteiger partial charge >= 0.3 is 0 Å². The number of nitrogens with one attached hydrogen (secondary N) is 1. The molecule has 0 fully saturated rings. The number of hydrogen-bond acceptors (Lipinski definition) is 3. The van der Waals surface area contributed by atoms with Crippen LogP contribution in [0.25, 0.3) is 0 Å². The number of rotatable bonds is 6. The largest absolute Gasteiger partial charge is 0.496 e. The highest BCUT2D eigenvalue weighted by Crippen LogP contribution is 2.31. The zero-order valence-electron chi connectivity index (χ0n) is 12.6. The molecule has 0 spiro atoms. The number of methoxy groups -OCH3 is 1. The van der Waals surface area contributed by atoms with E-state index in [1.54, 1.807) is 7.11 Å². The van der Waals surface area contributed by atoms with Gasteiger partial charge in [0.15, 0.2) is 0 Å². The van der Waals surface area contributed by atoms with Crippen LogP contribution in [0, 0.1) is 6.92 Å². The summed E-state index contributed by atoms with van der Waals surface area (Å²) in [5.74, 6) is 1.72. The summed E-state index contributed by atoms with van der Waals surface area (Å²) in [6.45, 7) is 3.30. The van der Waals surface area contributed by atoms with Crippen LogP contribution in [-0.4, -0.2) is 14.2 Å². The van der Waals surface area contributed by atoms with Crippen LogP contribution in [0.2, 0.25) is 0 Å². The monoisotopic (exact) mass is 349 g/mol. The van der Waals surface area contributed by atoms with E-state index in [-0.39, 0.29) is 0 Å². The molecule has 2 rings (SSSR count). The fraction of sp³-hybridized carbons (Fsp3) is 0.294. The predicted molar refractivity (Wildman–Crippen MR) is 89.0 cm³/mol. The number of benzene rings is 2. The van der Waals surface area contributed by atoms with Gasteiger partial charge in [0.25, 0.3) is 0 Å². The summed E-state index contributed by atoms with van der Waals surface area (Å²) in [5, 5.41) is 3.16. The van der Waals surface area contributed by atoms with Gasteiger partial charge in [-0.3, -0.25) is 0 Å². The smallest absolute Gasteiger partial charge is 0.138 e. The Morgan fingerprint density at radius 3 is 2.67 bits per heavy atom. The minimum atomic E-state index is 0.476. The Balaban J connectivity index is 2.22. The average molecular weight is 350 g/mol. The van der Waals surface area contributed by atoms with Crippen molar-refractivity contribution in [3.05, 3.63) is 57.6 Å². The molecule has 0 atom stereocenters. The maximum atomic E-state index is 6.04. The highest BCUT2D eigenvalue weighted by Gasteiger charge is 2.10. The lowest BCUT2D eigenvalue weighted by Crippen LogP contribution is -2.08. The SMILES string of the molecule is CNCc1cccc(Br)c1OCc1cc(C)ccc1OC. The Morgan fingerprint density at radius 2 is 1.95 bits per heavy atom. The molecule has 1 N–H and O–H groups in total. The van der Waals surface area contributed by atoms with Crippen LogP contribution in [0.4, 0.5) is 0 Å². The zero-order valence-corrected chi connectivity index (χ0v) is 14.2. The zero-order chi connectivity index (χ0) is 15.2. The van der Waals surface area contributed by atoms with Gasteiger partial charge in [-0.2, -0.15) is 0 Å². The molecule has 0 radical (unpaired) electrons. The molecular formula is C17H20BrNO2. The van der Waals surface area contributed by atoms with Gasteiger partial charge in [0, 0.05) is 17.7 Å². The van der Waals surface area contributed by atoms with Crippen molar-refractivity contribution in [1.82, 2.24) is 5.32 Å². The van der Waals surface area contributed by atoms with Gasteiger partial charge in [-0.15, -0.1) is 0 Å². The molecule has 0 amide bonds. The quantitative estimate of drug-likeness (QED) is 0.852. The molecule has 0 saturated heterocycles. The molecule has 0 aliphatic rings. The Bertz CT molecular complexity index is 614. The van der Waals surface area contributed by atoms with E-state index >= 15 is 0 Å². The summed E-state index contributed by atoms with van der Waals surface area (Å²) in [5.41, 5.74) is 3.36. The fourth-order valence-corrected chi connectivity index (χ4v) is 2.74. The van der Waals surface area contributed by atoms with Crippen LogP contribution in [0.1, 0.15) is 16.7 Å². The van der Waals surface area contributed by atoms with Crippen molar-refractivity contribution in [3.8, 4) is 11.5 Å².